The van der Waals surface area contributed by atoms with E-state index in [0.717, 1.165) is 25.8 Å². The van der Waals surface area contributed by atoms with Gasteiger partial charge in [0.25, 0.3) is 0 Å². The molecule has 0 aromatic rings. The van der Waals surface area contributed by atoms with Crippen LogP contribution in [-0.4, -0.2) is 29.4 Å². The average molecular weight is 291 g/mol. The first-order valence-corrected chi connectivity index (χ1v) is 7.46. The fourth-order valence-electron chi connectivity index (χ4n) is 3.12. The van der Waals surface area contributed by atoms with Gasteiger partial charge in [0.1, 0.15) is 0 Å². The number of carbonyl (C=O) groups is 1. The summed E-state index contributed by atoms with van der Waals surface area (Å²) in [5.74, 6) is 1.46. The van der Waals surface area contributed by atoms with Crippen molar-refractivity contribution in [1.82, 2.24) is 4.90 Å². The highest BCUT2D eigenvalue weighted by Gasteiger charge is 2.29. The smallest absolute Gasteiger partial charge is 0.223 e. The summed E-state index contributed by atoms with van der Waals surface area (Å²) >= 11 is 0. The molecule has 1 aliphatic heterocycles. The third-order valence-corrected chi connectivity index (χ3v) is 3.87. The van der Waals surface area contributed by atoms with Gasteiger partial charge in [-0.15, -0.1) is 12.4 Å². The van der Waals surface area contributed by atoms with Gasteiger partial charge >= 0.3 is 0 Å². The Balaban J connectivity index is 0.00000324. The van der Waals surface area contributed by atoms with Crippen LogP contribution in [0.4, 0.5) is 0 Å². The second kappa shape index (κ2) is 8.80. The normalized spacial score (nSPS) is 22.8. The predicted octanol–water partition coefficient (Wildman–Crippen LogP) is 3.21. The number of piperidine rings is 1. The zero-order valence-corrected chi connectivity index (χ0v) is 13.7. The average Bonchev–Trinajstić information content (AvgIpc) is 2.27. The molecule has 4 heteroatoms. The van der Waals surface area contributed by atoms with Gasteiger partial charge in [0.2, 0.25) is 5.91 Å². The van der Waals surface area contributed by atoms with Crippen LogP contribution in [-0.2, 0) is 4.79 Å². The third-order valence-electron chi connectivity index (χ3n) is 3.87. The van der Waals surface area contributed by atoms with Crippen LogP contribution >= 0.6 is 12.4 Å². The summed E-state index contributed by atoms with van der Waals surface area (Å²) in [6.07, 6.45) is 5.22. The molecule has 2 N–H and O–H groups in total. The fourth-order valence-corrected chi connectivity index (χ4v) is 3.12. The Hall–Kier alpha value is -0.280. The van der Waals surface area contributed by atoms with E-state index in [9.17, 15) is 4.79 Å². The summed E-state index contributed by atoms with van der Waals surface area (Å²) in [5, 5.41) is 0. The van der Waals surface area contributed by atoms with Crippen LogP contribution in [0.1, 0.15) is 59.8 Å². The van der Waals surface area contributed by atoms with Gasteiger partial charge in [-0.2, -0.15) is 0 Å². The number of hydrogen-bond donors (Lipinski definition) is 1. The van der Waals surface area contributed by atoms with E-state index in [1.807, 2.05) is 11.8 Å². The summed E-state index contributed by atoms with van der Waals surface area (Å²) in [7, 11) is 0. The topological polar surface area (TPSA) is 46.3 Å². The van der Waals surface area contributed by atoms with E-state index in [2.05, 4.69) is 20.8 Å². The standard InChI is InChI=1S/C15H30N2O.ClH/c1-11(2)9-12(3)10-15(18)17-8-6-5-7-14(17)13(4)16;/h11-14H,5-10,16H2,1-4H3;1H. The van der Waals surface area contributed by atoms with Crippen molar-refractivity contribution >= 4 is 18.3 Å². The second-order valence-electron chi connectivity index (χ2n) is 6.45. The van der Waals surface area contributed by atoms with E-state index in [4.69, 9.17) is 5.73 Å². The first kappa shape index (κ1) is 18.7. The number of rotatable bonds is 5. The molecular formula is C15H31ClN2O. The van der Waals surface area contributed by atoms with E-state index in [0.29, 0.717) is 24.2 Å². The van der Waals surface area contributed by atoms with Crippen molar-refractivity contribution < 1.29 is 4.79 Å². The molecule has 1 amide bonds. The van der Waals surface area contributed by atoms with Gasteiger partial charge in [0.05, 0.1) is 0 Å². The maximum Gasteiger partial charge on any atom is 0.223 e. The number of carbonyl (C=O) groups excluding carboxylic acids is 1. The highest BCUT2D eigenvalue weighted by molar-refractivity contribution is 5.85. The molecule has 0 saturated carbocycles. The van der Waals surface area contributed by atoms with Crippen LogP contribution < -0.4 is 5.73 Å². The highest BCUT2D eigenvalue weighted by Crippen LogP contribution is 2.22. The van der Waals surface area contributed by atoms with Gasteiger partial charge in [-0.1, -0.05) is 20.8 Å². The van der Waals surface area contributed by atoms with E-state index < -0.39 is 0 Å². The molecule has 0 aromatic heterocycles. The Morgan fingerprint density at radius 2 is 1.89 bits per heavy atom. The second-order valence-corrected chi connectivity index (χ2v) is 6.45. The molecule has 0 bridgehead atoms. The Kier molecular flexibility index (Phi) is 8.67. The van der Waals surface area contributed by atoms with Crippen molar-refractivity contribution in [3.63, 3.8) is 0 Å². The zero-order valence-electron chi connectivity index (χ0n) is 12.9. The van der Waals surface area contributed by atoms with Gasteiger partial charge in [-0.3, -0.25) is 4.79 Å². The monoisotopic (exact) mass is 290 g/mol. The van der Waals surface area contributed by atoms with Gasteiger partial charge in [-0.25, -0.2) is 0 Å². The zero-order chi connectivity index (χ0) is 13.7. The van der Waals surface area contributed by atoms with Gasteiger partial charge in [-0.05, 0) is 44.4 Å². The molecule has 0 aliphatic carbocycles. The molecule has 3 atom stereocenters. The minimum absolute atomic E-state index is 0. The lowest BCUT2D eigenvalue weighted by Gasteiger charge is -2.38. The predicted molar refractivity (Wildman–Crippen MR) is 83.5 cm³/mol. The first-order chi connectivity index (χ1) is 8.41. The van der Waals surface area contributed by atoms with E-state index in [1.54, 1.807) is 0 Å². The SMILES string of the molecule is CC(C)CC(C)CC(=O)N1CCCCC1C(C)N.Cl. The molecule has 0 aromatic carbocycles. The number of likely N-dealkylation sites (tertiary alicyclic amines) is 1. The minimum atomic E-state index is 0. The van der Waals surface area contributed by atoms with Crippen molar-refractivity contribution in [3.05, 3.63) is 0 Å². The summed E-state index contributed by atoms with van der Waals surface area (Å²) in [5.41, 5.74) is 6.01. The molecule has 1 heterocycles. The fraction of sp³-hybridized carbons (Fsp3) is 0.933. The van der Waals surface area contributed by atoms with Crippen LogP contribution in [0.5, 0.6) is 0 Å². The van der Waals surface area contributed by atoms with E-state index in [-0.39, 0.29) is 24.5 Å². The number of amides is 1. The molecule has 1 aliphatic rings. The maximum absolute atomic E-state index is 12.4. The lowest BCUT2D eigenvalue weighted by molar-refractivity contribution is -0.136. The Labute approximate surface area is 124 Å². The van der Waals surface area contributed by atoms with Crippen molar-refractivity contribution in [3.8, 4) is 0 Å². The largest absolute Gasteiger partial charge is 0.338 e. The quantitative estimate of drug-likeness (QED) is 0.845. The van der Waals surface area contributed by atoms with Gasteiger partial charge in [0, 0.05) is 25.0 Å². The summed E-state index contributed by atoms with van der Waals surface area (Å²) in [6.45, 7) is 9.54. The van der Waals surface area contributed by atoms with E-state index in [1.165, 1.54) is 6.42 Å². The number of halogens is 1. The molecule has 0 radical (unpaired) electrons. The number of hydrogen-bond acceptors (Lipinski definition) is 2. The number of nitrogens with zero attached hydrogens (tertiary/aromatic N) is 1. The van der Waals surface area contributed by atoms with Crippen LogP contribution in [0.2, 0.25) is 0 Å². The van der Waals surface area contributed by atoms with Crippen molar-refractivity contribution in [2.75, 3.05) is 6.54 Å². The van der Waals surface area contributed by atoms with Crippen molar-refractivity contribution in [2.24, 2.45) is 17.6 Å². The van der Waals surface area contributed by atoms with Crippen molar-refractivity contribution in [1.29, 1.82) is 0 Å². The Morgan fingerprint density at radius 1 is 1.26 bits per heavy atom. The Bertz CT molecular complexity index is 269. The molecule has 0 spiro atoms. The summed E-state index contributed by atoms with van der Waals surface area (Å²) in [6, 6.07) is 0.354. The number of nitrogens with two attached hydrogens (primary N) is 1. The van der Waals surface area contributed by atoms with Crippen LogP contribution in [0.25, 0.3) is 0 Å². The molecule has 1 fully saturated rings. The van der Waals surface area contributed by atoms with Gasteiger partial charge in [0.15, 0.2) is 0 Å². The van der Waals surface area contributed by atoms with Crippen LogP contribution in [0.3, 0.4) is 0 Å². The van der Waals surface area contributed by atoms with Crippen LogP contribution in [0, 0.1) is 11.8 Å². The maximum atomic E-state index is 12.4. The lowest BCUT2D eigenvalue weighted by Crippen LogP contribution is -2.51. The molecule has 3 unspecified atom stereocenters. The highest BCUT2D eigenvalue weighted by atomic mass is 35.5. The molecule has 114 valence electrons. The molecular weight excluding hydrogens is 260 g/mol. The summed E-state index contributed by atoms with van der Waals surface area (Å²) in [4.78, 5) is 14.4. The van der Waals surface area contributed by atoms with Crippen LogP contribution in [0.15, 0.2) is 0 Å². The molecule has 1 rings (SSSR count). The molecule has 3 nitrogen and oxygen atoms in total. The van der Waals surface area contributed by atoms with Crippen molar-refractivity contribution in [2.45, 2.75) is 71.9 Å². The molecule has 1 saturated heterocycles. The molecule has 19 heavy (non-hydrogen) atoms. The van der Waals surface area contributed by atoms with Gasteiger partial charge < -0.3 is 10.6 Å². The van der Waals surface area contributed by atoms with E-state index >= 15 is 0 Å². The minimum Gasteiger partial charge on any atom is -0.338 e. The third kappa shape index (κ3) is 6.13. The lowest BCUT2D eigenvalue weighted by atomic mass is 9.92. The first-order valence-electron chi connectivity index (χ1n) is 7.46. The summed E-state index contributed by atoms with van der Waals surface area (Å²) < 4.78 is 0. The Morgan fingerprint density at radius 3 is 2.42 bits per heavy atom.